The molecule has 0 aliphatic carbocycles. The number of esters is 1. The maximum atomic E-state index is 12.5. The topological polar surface area (TPSA) is 103 Å². The zero-order valence-electron chi connectivity index (χ0n) is 17.1. The minimum atomic E-state index is -0.878. The van der Waals surface area contributed by atoms with Gasteiger partial charge in [-0.05, 0) is 37.1 Å². The molecule has 0 bridgehead atoms. The summed E-state index contributed by atoms with van der Waals surface area (Å²) in [6.45, 7) is 5.15. The molecule has 1 heterocycles. The Hall–Kier alpha value is -3.55. The van der Waals surface area contributed by atoms with Gasteiger partial charge in [0.05, 0.1) is 0 Å². The molecule has 0 spiro atoms. The third-order valence-corrected chi connectivity index (χ3v) is 4.52. The first kappa shape index (κ1) is 21.2. The van der Waals surface area contributed by atoms with Crippen molar-refractivity contribution < 1.29 is 28.6 Å². The van der Waals surface area contributed by atoms with Gasteiger partial charge in [-0.1, -0.05) is 31.5 Å². The fourth-order valence-corrected chi connectivity index (χ4v) is 2.83. The van der Waals surface area contributed by atoms with Crippen molar-refractivity contribution in [1.29, 1.82) is 0 Å². The van der Waals surface area contributed by atoms with Crippen molar-refractivity contribution in [3.8, 4) is 11.5 Å². The van der Waals surface area contributed by atoms with Crippen molar-refractivity contribution in [2.45, 2.75) is 26.8 Å². The normalized spacial score (nSPS) is 12.9. The number of aryl methyl sites for hydroxylation is 1. The fraction of sp³-hybridized carbons (Fsp3) is 0.318. The molecule has 1 aliphatic heterocycles. The summed E-state index contributed by atoms with van der Waals surface area (Å²) in [4.78, 5) is 37.0. The maximum Gasteiger partial charge on any atom is 0.329 e. The monoisotopic (exact) mass is 412 g/mol. The highest BCUT2D eigenvalue weighted by Crippen LogP contribution is 2.34. The van der Waals surface area contributed by atoms with Gasteiger partial charge in [0, 0.05) is 17.3 Å². The van der Waals surface area contributed by atoms with Crippen LogP contribution in [0.25, 0.3) is 0 Å². The summed E-state index contributed by atoms with van der Waals surface area (Å²) < 4.78 is 15.6. The summed E-state index contributed by atoms with van der Waals surface area (Å²) in [5.41, 5.74) is 1.97. The van der Waals surface area contributed by atoms with Gasteiger partial charge in [-0.2, -0.15) is 0 Å². The molecule has 8 nitrogen and oxygen atoms in total. The van der Waals surface area contributed by atoms with Crippen molar-refractivity contribution in [1.82, 2.24) is 5.32 Å². The van der Waals surface area contributed by atoms with Crippen LogP contribution in [-0.4, -0.2) is 37.2 Å². The molecule has 3 rings (SSSR count). The Labute approximate surface area is 174 Å². The molecule has 0 saturated heterocycles. The van der Waals surface area contributed by atoms with Crippen LogP contribution in [0, 0.1) is 12.8 Å². The molecule has 0 aromatic heterocycles. The van der Waals surface area contributed by atoms with Crippen LogP contribution in [0.3, 0.4) is 0 Å². The minimum absolute atomic E-state index is 0.134. The Morgan fingerprint density at radius 2 is 1.73 bits per heavy atom. The quantitative estimate of drug-likeness (QED) is 0.678. The molecule has 2 N–H and O–H groups in total. The summed E-state index contributed by atoms with van der Waals surface area (Å²) in [5, 5.41) is 5.31. The van der Waals surface area contributed by atoms with Gasteiger partial charge < -0.3 is 24.8 Å². The lowest BCUT2D eigenvalue weighted by atomic mass is 10.0. The molecule has 0 unspecified atom stereocenters. The number of benzene rings is 2. The summed E-state index contributed by atoms with van der Waals surface area (Å²) in [5.74, 6) is -0.646. The van der Waals surface area contributed by atoms with Crippen molar-refractivity contribution in [2.75, 3.05) is 18.7 Å². The number of hydrogen-bond donors (Lipinski definition) is 2. The van der Waals surface area contributed by atoms with Gasteiger partial charge in [0.1, 0.15) is 6.04 Å². The fourth-order valence-electron chi connectivity index (χ4n) is 2.83. The van der Waals surface area contributed by atoms with Crippen LogP contribution in [-0.2, 0) is 14.3 Å². The molecule has 1 atom stereocenters. The first-order valence-electron chi connectivity index (χ1n) is 9.57. The van der Waals surface area contributed by atoms with E-state index in [4.69, 9.17) is 14.2 Å². The average Bonchev–Trinajstić information content (AvgIpc) is 3.18. The lowest BCUT2D eigenvalue weighted by Crippen LogP contribution is -2.45. The van der Waals surface area contributed by atoms with Crippen LogP contribution in [0.1, 0.15) is 29.8 Å². The SMILES string of the molecule is Cc1ccc(C(=O)N[C@H](C(=O)OCC(=O)Nc2ccc3c(c2)OCO3)C(C)C)cc1. The number of hydrogen-bond acceptors (Lipinski definition) is 6. The van der Waals surface area contributed by atoms with E-state index in [9.17, 15) is 14.4 Å². The van der Waals surface area contributed by atoms with Crippen LogP contribution >= 0.6 is 0 Å². The highest BCUT2D eigenvalue weighted by molar-refractivity contribution is 5.97. The summed E-state index contributed by atoms with van der Waals surface area (Å²) in [6.07, 6.45) is 0. The van der Waals surface area contributed by atoms with Gasteiger partial charge in [0.15, 0.2) is 18.1 Å². The molecule has 0 fully saturated rings. The van der Waals surface area contributed by atoms with Crippen molar-refractivity contribution in [3.63, 3.8) is 0 Å². The molecule has 0 saturated carbocycles. The molecule has 0 radical (unpaired) electrons. The number of ether oxygens (including phenoxy) is 3. The van der Waals surface area contributed by atoms with Crippen molar-refractivity contribution in [3.05, 3.63) is 53.6 Å². The van der Waals surface area contributed by atoms with Gasteiger partial charge in [-0.15, -0.1) is 0 Å². The minimum Gasteiger partial charge on any atom is -0.454 e. The molecule has 30 heavy (non-hydrogen) atoms. The first-order valence-corrected chi connectivity index (χ1v) is 9.57. The lowest BCUT2D eigenvalue weighted by molar-refractivity contribution is -0.150. The lowest BCUT2D eigenvalue weighted by Gasteiger charge is -2.21. The van der Waals surface area contributed by atoms with Gasteiger partial charge in [0.2, 0.25) is 6.79 Å². The summed E-state index contributed by atoms with van der Waals surface area (Å²) in [6, 6.07) is 11.1. The zero-order valence-corrected chi connectivity index (χ0v) is 17.1. The Bertz CT molecular complexity index is 939. The summed E-state index contributed by atoms with van der Waals surface area (Å²) in [7, 11) is 0. The third kappa shape index (κ3) is 5.28. The molecular formula is C22H24N2O6. The molecule has 2 amide bonds. The maximum absolute atomic E-state index is 12.5. The van der Waals surface area contributed by atoms with Gasteiger partial charge in [-0.25, -0.2) is 4.79 Å². The predicted octanol–water partition coefficient (Wildman–Crippen LogP) is 2.66. The van der Waals surface area contributed by atoms with E-state index in [2.05, 4.69) is 10.6 Å². The first-order chi connectivity index (χ1) is 14.3. The second-order valence-corrected chi connectivity index (χ2v) is 7.29. The second kappa shape index (κ2) is 9.30. The number of carbonyl (C=O) groups is 3. The number of fused-ring (bicyclic) bond motifs is 1. The molecule has 8 heteroatoms. The third-order valence-electron chi connectivity index (χ3n) is 4.52. The van der Waals surface area contributed by atoms with Crippen molar-refractivity contribution in [2.24, 2.45) is 5.92 Å². The number of anilines is 1. The molecule has 158 valence electrons. The molecular weight excluding hydrogens is 388 g/mol. The number of amides is 2. The van der Waals surface area contributed by atoms with Crippen LogP contribution in [0.5, 0.6) is 11.5 Å². The Kier molecular flexibility index (Phi) is 6.56. The van der Waals surface area contributed by atoms with E-state index in [1.54, 1.807) is 44.2 Å². The van der Waals surface area contributed by atoms with E-state index >= 15 is 0 Å². The van der Waals surface area contributed by atoms with E-state index < -0.39 is 24.5 Å². The van der Waals surface area contributed by atoms with Gasteiger partial charge in [-0.3, -0.25) is 9.59 Å². The van der Waals surface area contributed by atoms with Crippen LogP contribution in [0.15, 0.2) is 42.5 Å². The van der Waals surface area contributed by atoms with E-state index in [-0.39, 0.29) is 18.6 Å². The van der Waals surface area contributed by atoms with E-state index in [0.29, 0.717) is 22.7 Å². The van der Waals surface area contributed by atoms with E-state index in [0.717, 1.165) is 5.56 Å². The number of nitrogens with one attached hydrogen (secondary N) is 2. The molecule has 2 aromatic carbocycles. The number of rotatable bonds is 7. The predicted molar refractivity (Wildman–Crippen MR) is 109 cm³/mol. The van der Waals surface area contributed by atoms with E-state index in [1.165, 1.54) is 0 Å². The summed E-state index contributed by atoms with van der Waals surface area (Å²) >= 11 is 0. The highest BCUT2D eigenvalue weighted by Gasteiger charge is 2.27. The smallest absolute Gasteiger partial charge is 0.329 e. The van der Waals surface area contributed by atoms with Crippen LogP contribution in [0.2, 0.25) is 0 Å². The number of carbonyl (C=O) groups excluding carboxylic acids is 3. The zero-order chi connectivity index (χ0) is 21.7. The standard InChI is InChI=1S/C22H24N2O6/c1-13(2)20(24-21(26)15-6-4-14(3)5-7-15)22(27)28-11-19(25)23-16-8-9-17-18(10-16)30-12-29-17/h4-10,13,20H,11-12H2,1-3H3,(H,23,25)(H,24,26)/t20-/m0/s1. The largest absolute Gasteiger partial charge is 0.454 e. The Morgan fingerprint density at radius 1 is 1.03 bits per heavy atom. The van der Waals surface area contributed by atoms with Crippen LogP contribution in [0.4, 0.5) is 5.69 Å². The van der Waals surface area contributed by atoms with Gasteiger partial charge in [0.25, 0.3) is 11.8 Å². The second-order valence-electron chi connectivity index (χ2n) is 7.29. The molecule has 1 aliphatic rings. The average molecular weight is 412 g/mol. The van der Waals surface area contributed by atoms with E-state index in [1.807, 2.05) is 19.1 Å². The van der Waals surface area contributed by atoms with Gasteiger partial charge >= 0.3 is 5.97 Å². The van der Waals surface area contributed by atoms with Crippen molar-refractivity contribution >= 4 is 23.5 Å². The van der Waals surface area contributed by atoms with Crippen LogP contribution < -0.4 is 20.1 Å². The molecule has 2 aromatic rings. The Morgan fingerprint density at radius 3 is 2.43 bits per heavy atom. The Balaban J connectivity index is 1.53. The highest BCUT2D eigenvalue weighted by atomic mass is 16.7.